The number of rotatable bonds is 1. The Balaban J connectivity index is 2.76. The molecular formula is C11H9NOS. The summed E-state index contributed by atoms with van der Waals surface area (Å²) in [4.78, 5) is 16.2. The molecule has 3 heteroatoms. The van der Waals surface area contributed by atoms with Gasteiger partial charge in [0.15, 0.2) is 5.78 Å². The average Bonchev–Trinajstić information content (AvgIpc) is 2.18. The van der Waals surface area contributed by atoms with E-state index in [9.17, 15) is 4.79 Å². The second-order valence-corrected chi connectivity index (χ2v) is 3.58. The summed E-state index contributed by atoms with van der Waals surface area (Å²) in [6, 6.07) is 9.35. The largest absolute Gasteiger partial charge is 0.293 e. The van der Waals surface area contributed by atoms with Gasteiger partial charge < -0.3 is 0 Å². The van der Waals surface area contributed by atoms with Crippen LogP contribution >= 0.6 is 12.6 Å². The van der Waals surface area contributed by atoms with Gasteiger partial charge in [-0.3, -0.25) is 4.79 Å². The average molecular weight is 203 g/mol. The normalized spacial score (nSPS) is 10.4. The zero-order valence-corrected chi connectivity index (χ0v) is 8.58. The molecule has 0 spiro atoms. The van der Waals surface area contributed by atoms with E-state index in [0.29, 0.717) is 5.69 Å². The van der Waals surface area contributed by atoms with E-state index in [2.05, 4.69) is 17.6 Å². The molecule has 0 saturated heterocycles. The third-order valence-corrected chi connectivity index (χ3v) is 2.42. The second kappa shape index (κ2) is 3.42. The molecule has 1 aromatic heterocycles. The minimum absolute atomic E-state index is 0.0245. The van der Waals surface area contributed by atoms with Gasteiger partial charge in [0.1, 0.15) is 5.69 Å². The molecular weight excluding hydrogens is 194 g/mol. The number of aromatic nitrogens is 1. The first-order valence-electron chi connectivity index (χ1n) is 4.28. The lowest BCUT2D eigenvalue weighted by molar-refractivity contribution is 0.101. The van der Waals surface area contributed by atoms with Crippen LogP contribution in [0, 0.1) is 0 Å². The van der Waals surface area contributed by atoms with Gasteiger partial charge in [0.2, 0.25) is 0 Å². The van der Waals surface area contributed by atoms with Gasteiger partial charge in [0.05, 0.1) is 5.52 Å². The van der Waals surface area contributed by atoms with Crippen LogP contribution < -0.4 is 0 Å². The van der Waals surface area contributed by atoms with Crippen LogP contribution in [-0.4, -0.2) is 10.8 Å². The van der Waals surface area contributed by atoms with E-state index in [4.69, 9.17) is 0 Å². The lowest BCUT2D eigenvalue weighted by Crippen LogP contribution is -1.96. The molecule has 0 radical (unpaired) electrons. The standard InChI is InChI=1S/C11H9NOS/c1-7(13)9-6-5-8-3-2-4-10(14)11(8)12-9/h2-6,14H,1H3. The van der Waals surface area contributed by atoms with E-state index in [1.807, 2.05) is 24.3 Å². The third-order valence-electron chi connectivity index (χ3n) is 2.06. The highest BCUT2D eigenvalue weighted by molar-refractivity contribution is 7.80. The molecule has 70 valence electrons. The molecule has 1 heterocycles. The van der Waals surface area contributed by atoms with Crippen molar-refractivity contribution in [3.63, 3.8) is 0 Å². The van der Waals surface area contributed by atoms with Gasteiger partial charge in [-0.05, 0) is 12.1 Å². The SMILES string of the molecule is CC(=O)c1ccc2cccc(S)c2n1. The molecule has 2 nitrogen and oxygen atoms in total. The Morgan fingerprint density at radius 1 is 1.29 bits per heavy atom. The Kier molecular flexibility index (Phi) is 2.25. The number of Topliss-reactive ketones (excluding diaryl/α,β-unsaturated/α-hetero) is 1. The van der Waals surface area contributed by atoms with Crippen LogP contribution in [0.2, 0.25) is 0 Å². The number of nitrogens with zero attached hydrogens (tertiary/aromatic N) is 1. The first-order valence-corrected chi connectivity index (χ1v) is 4.73. The molecule has 0 N–H and O–H groups in total. The summed E-state index contributed by atoms with van der Waals surface area (Å²) in [7, 11) is 0. The summed E-state index contributed by atoms with van der Waals surface area (Å²) < 4.78 is 0. The quantitative estimate of drug-likeness (QED) is 0.570. The predicted octanol–water partition coefficient (Wildman–Crippen LogP) is 2.73. The lowest BCUT2D eigenvalue weighted by Gasteiger charge is -2.01. The highest BCUT2D eigenvalue weighted by Gasteiger charge is 2.03. The van der Waals surface area contributed by atoms with E-state index in [0.717, 1.165) is 15.8 Å². The van der Waals surface area contributed by atoms with Crippen LogP contribution in [0.3, 0.4) is 0 Å². The fourth-order valence-electron chi connectivity index (χ4n) is 1.33. The summed E-state index contributed by atoms with van der Waals surface area (Å²) in [6.07, 6.45) is 0. The summed E-state index contributed by atoms with van der Waals surface area (Å²) in [5, 5.41) is 1.00. The van der Waals surface area contributed by atoms with E-state index < -0.39 is 0 Å². The zero-order chi connectivity index (χ0) is 10.1. The van der Waals surface area contributed by atoms with E-state index in [1.165, 1.54) is 6.92 Å². The monoisotopic (exact) mass is 203 g/mol. The first kappa shape index (κ1) is 9.21. The minimum Gasteiger partial charge on any atom is -0.293 e. The van der Waals surface area contributed by atoms with Crippen molar-refractivity contribution < 1.29 is 4.79 Å². The van der Waals surface area contributed by atoms with Crippen molar-refractivity contribution in [1.29, 1.82) is 0 Å². The molecule has 2 aromatic rings. The molecule has 0 fully saturated rings. The van der Waals surface area contributed by atoms with Crippen LogP contribution in [0.5, 0.6) is 0 Å². The first-order chi connectivity index (χ1) is 6.68. The lowest BCUT2D eigenvalue weighted by atomic mass is 10.2. The Labute approximate surface area is 87.4 Å². The topological polar surface area (TPSA) is 30.0 Å². The van der Waals surface area contributed by atoms with Crippen LogP contribution in [0.4, 0.5) is 0 Å². The smallest absolute Gasteiger partial charge is 0.178 e. The maximum absolute atomic E-state index is 11.1. The Morgan fingerprint density at radius 3 is 2.79 bits per heavy atom. The van der Waals surface area contributed by atoms with Crippen molar-refractivity contribution >= 4 is 29.3 Å². The van der Waals surface area contributed by atoms with Gasteiger partial charge in [-0.25, -0.2) is 4.98 Å². The van der Waals surface area contributed by atoms with Crippen LogP contribution in [-0.2, 0) is 0 Å². The summed E-state index contributed by atoms with van der Waals surface area (Å²) >= 11 is 4.29. The number of thiol groups is 1. The summed E-state index contributed by atoms with van der Waals surface area (Å²) in [5.41, 5.74) is 1.27. The highest BCUT2D eigenvalue weighted by Crippen LogP contribution is 2.19. The van der Waals surface area contributed by atoms with Crippen molar-refractivity contribution in [2.45, 2.75) is 11.8 Å². The molecule has 0 unspecified atom stereocenters. The molecule has 0 aliphatic heterocycles. The van der Waals surface area contributed by atoms with Crippen molar-refractivity contribution in [2.24, 2.45) is 0 Å². The molecule has 0 amide bonds. The van der Waals surface area contributed by atoms with E-state index in [-0.39, 0.29) is 5.78 Å². The highest BCUT2D eigenvalue weighted by atomic mass is 32.1. The second-order valence-electron chi connectivity index (χ2n) is 3.10. The van der Waals surface area contributed by atoms with Gasteiger partial charge >= 0.3 is 0 Å². The number of carbonyl (C=O) groups is 1. The molecule has 14 heavy (non-hydrogen) atoms. The maximum atomic E-state index is 11.1. The molecule has 0 aliphatic carbocycles. The fraction of sp³-hybridized carbons (Fsp3) is 0.0909. The molecule has 0 atom stereocenters. The molecule has 0 aliphatic rings. The van der Waals surface area contributed by atoms with Crippen LogP contribution in [0.15, 0.2) is 35.2 Å². The fourth-order valence-corrected chi connectivity index (χ4v) is 1.59. The maximum Gasteiger partial charge on any atom is 0.178 e. The Morgan fingerprint density at radius 2 is 2.07 bits per heavy atom. The van der Waals surface area contributed by atoms with Crippen molar-refractivity contribution in [3.05, 3.63) is 36.0 Å². The number of pyridine rings is 1. The Hall–Kier alpha value is -1.35. The number of ketones is 1. The van der Waals surface area contributed by atoms with Crippen molar-refractivity contribution in [3.8, 4) is 0 Å². The number of fused-ring (bicyclic) bond motifs is 1. The Bertz CT molecular complexity index is 508. The van der Waals surface area contributed by atoms with Crippen molar-refractivity contribution in [1.82, 2.24) is 4.98 Å². The number of hydrogen-bond donors (Lipinski definition) is 1. The number of carbonyl (C=O) groups excluding carboxylic acids is 1. The minimum atomic E-state index is -0.0245. The molecule has 0 saturated carbocycles. The molecule has 2 rings (SSSR count). The van der Waals surface area contributed by atoms with Crippen LogP contribution in [0.25, 0.3) is 10.9 Å². The third kappa shape index (κ3) is 1.51. The van der Waals surface area contributed by atoms with Crippen LogP contribution in [0.1, 0.15) is 17.4 Å². The number of benzene rings is 1. The van der Waals surface area contributed by atoms with Crippen molar-refractivity contribution in [2.75, 3.05) is 0 Å². The van der Waals surface area contributed by atoms with Gasteiger partial charge in [-0.15, -0.1) is 12.6 Å². The van der Waals surface area contributed by atoms with E-state index in [1.54, 1.807) is 6.07 Å². The van der Waals surface area contributed by atoms with Gasteiger partial charge in [0.25, 0.3) is 0 Å². The van der Waals surface area contributed by atoms with Gasteiger partial charge in [-0.2, -0.15) is 0 Å². The van der Waals surface area contributed by atoms with Gasteiger partial charge in [-0.1, -0.05) is 18.2 Å². The summed E-state index contributed by atoms with van der Waals surface area (Å²) in [5.74, 6) is -0.0245. The number of hydrogen-bond acceptors (Lipinski definition) is 3. The number of para-hydroxylation sites is 1. The predicted molar refractivity (Wildman–Crippen MR) is 59.0 cm³/mol. The zero-order valence-electron chi connectivity index (χ0n) is 7.69. The van der Waals surface area contributed by atoms with E-state index >= 15 is 0 Å². The summed E-state index contributed by atoms with van der Waals surface area (Å²) in [6.45, 7) is 1.51. The molecule has 0 bridgehead atoms. The molecule has 1 aromatic carbocycles. The van der Waals surface area contributed by atoms with Gasteiger partial charge in [0, 0.05) is 17.2 Å².